The van der Waals surface area contributed by atoms with E-state index < -0.39 is 51.3 Å². The number of aliphatic hydroxyl groups is 2. The summed E-state index contributed by atoms with van der Waals surface area (Å²) in [6.45, 7) is 3.23. The molecule has 0 radical (unpaired) electrons. The van der Waals surface area contributed by atoms with Gasteiger partial charge < -0.3 is 29.5 Å². The molecular weight excluding hydrogens is 755 g/mol. The summed E-state index contributed by atoms with van der Waals surface area (Å²) in [4.78, 5) is 42.8. The summed E-state index contributed by atoms with van der Waals surface area (Å²) in [6.07, 6.45) is 52.6. The van der Waals surface area contributed by atoms with Crippen LogP contribution in [0.25, 0.3) is 0 Å². The second kappa shape index (κ2) is 39.9. The van der Waals surface area contributed by atoms with Gasteiger partial charge in [0.1, 0.15) is 6.61 Å². The Kier molecular flexibility index (Phi) is 37.2. The Hall–Kier alpha value is -3.89. The van der Waals surface area contributed by atoms with Crippen molar-refractivity contribution in [2.45, 2.75) is 135 Å². The van der Waals surface area contributed by atoms with E-state index in [2.05, 4.69) is 60.1 Å². The second-order valence-corrected chi connectivity index (χ2v) is 14.5. The third-order valence-electron chi connectivity index (χ3n) is 7.85. The van der Waals surface area contributed by atoms with Crippen molar-refractivity contribution in [1.82, 2.24) is 0 Å². The Morgan fingerprint density at radius 1 is 0.552 bits per heavy atom. The van der Waals surface area contributed by atoms with Crippen molar-refractivity contribution in [3.05, 3.63) is 134 Å². The minimum atomic E-state index is -4.83. The van der Waals surface area contributed by atoms with Crippen LogP contribution in [0.1, 0.15) is 117 Å². The zero-order valence-electron chi connectivity index (χ0n) is 34.8. The number of hydrogen-bond donors (Lipinski definition) is 4. The van der Waals surface area contributed by atoms with Crippen LogP contribution >= 0.6 is 7.82 Å². The summed E-state index contributed by atoms with van der Waals surface area (Å²) in [7, 11) is -4.83. The topological polar surface area (TPSA) is 160 Å². The number of phosphoric acid groups is 1. The highest BCUT2D eigenvalue weighted by molar-refractivity contribution is 7.46. The van der Waals surface area contributed by atoms with Crippen LogP contribution < -0.4 is 0 Å². The molecule has 3 atom stereocenters. The molecule has 11 heteroatoms. The van der Waals surface area contributed by atoms with Crippen molar-refractivity contribution in [2.24, 2.45) is 0 Å². The van der Waals surface area contributed by atoms with Gasteiger partial charge in [-0.25, -0.2) is 4.57 Å². The summed E-state index contributed by atoms with van der Waals surface area (Å²) < 4.78 is 26.2. The first kappa shape index (κ1) is 54.1. The van der Waals surface area contributed by atoms with Crippen LogP contribution in [0.3, 0.4) is 0 Å². The molecule has 0 aliphatic heterocycles. The van der Waals surface area contributed by atoms with Gasteiger partial charge in [0.25, 0.3) is 0 Å². The average molecular weight is 827 g/mol. The summed E-state index contributed by atoms with van der Waals surface area (Å²) in [5.74, 6) is -1.16. The molecule has 0 aromatic heterocycles. The van der Waals surface area contributed by atoms with E-state index in [-0.39, 0.29) is 12.8 Å². The van der Waals surface area contributed by atoms with Gasteiger partial charge >= 0.3 is 19.8 Å². The smallest absolute Gasteiger partial charge is 0.462 e. The molecular formula is C47H71O10P. The normalized spacial score (nSPS) is 14.9. The lowest BCUT2D eigenvalue weighted by Crippen LogP contribution is -2.29. The lowest BCUT2D eigenvalue weighted by Gasteiger charge is -2.18. The van der Waals surface area contributed by atoms with Crippen molar-refractivity contribution in [2.75, 3.05) is 13.2 Å². The number of allylic oxidation sites excluding steroid dienone is 18. The van der Waals surface area contributed by atoms with E-state index in [1.54, 1.807) is 42.5 Å². The SMILES string of the molecule is CC/C=C\C[C@H](O)/C=C/C=C\C=C\[C@H](O)C/C=C\C/C=C\CCC(=O)O[C@H](COC(=O)CC/C=C\C/C=C\C/C=C\C/C=C\C/C=C\CCCCC)COP(=O)(O)O. The molecule has 4 N–H and O–H groups in total. The van der Waals surface area contributed by atoms with Crippen molar-refractivity contribution in [3.63, 3.8) is 0 Å². The number of unbranched alkanes of at least 4 members (excludes halogenated alkanes) is 3. The van der Waals surface area contributed by atoms with Crippen LogP contribution in [-0.2, 0) is 28.2 Å². The third kappa shape index (κ3) is 41.7. The van der Waals surface area contributed by atoms with Gasteiger partial charge in [0.15, 0.2) is 6.10 Å². The molecule has 0 aliphatic rings. The van der Waals surface area contributed by atoms with Crippen LogP contribution in [-0.4, -0.2) is 63.5 Å². The fourth-order valence-corrected chi connectivity index (χ4v) is 5.09. The average Bonchev–Trinajstić information content (AvgIpc) is 3.18. The minimum absolute atomic E-state index is 0.00584. The maximum absolute atomic E-state index is 12.4. The Labute approximate surface area is 348 Å². The van der Waals surface area contributed by atoms with E-state index in [9.17, 15) is 24.4 Å². The largest absolute Gasteiger partial charge is 0.469 e. The number of carbonyl (C=O) groups is 2. The molecule has 0 aliphatic carbocycles. The highest BCUT2D eigenvalue weighted by Gasteiger charge is 2.22. The second-order valence-electron chi connectivity index (χ2n) is 13.3. The summed E-state index contributed by atoms with van der Waals surface area (Å²) in [5, 5.41) is 19.9. The van der Waals surface area contributed by atoms with E-state index in [1.807, 2.05) is 49.5 Å². The van der Waals surface area contributed by atoms with Crippen LogP contribution in [0.2, 0.25) is 0 Å². The van der Waals surface area contributed by atoms with E-state index in [0.29, 0.717) is 32.1 Å². The molecule has 0 amide bonds. The van der Waals surface area contributed by atoms with Gasteiger partial charge in [-0.05, 0) is 77.0 Å². The summed E-state index contributed by atoms with van der Waals surface area (Å²) >= 11 is 0. The van der Waals surface area contributed by atoms with Gasteiger partial charge in [0.2, 0.25) is 0 Å². The molecule has 58 heavy (non-hydrogen) atoms. The maximum Gasteiger partial charge on any atom is 0.469 e. The van der Waals surface area contributed by atoms with Crippen LogP contribution in [0.4, 0.5) is 0 Å². The van der Waals surface area contributed by atoms with Crippen LogP contribution in [0.15, 0.2) is 134 Å². The molecule has 0 bridgehead atoms. The van der Waals surface area contributed by atoms with Gasteiger partial charge in [-0.1, -0.05) is 160 Å². The first-order chi connectivity index (χ1) is 28.1. The van der Waals surface area contributed by atoms with Gasteiger partial charge in [0.05, 0.1) is 18.8 Å². The van der Waals surface area contributed by atoms with Gasteiger partial charge in [-0.3, -0.25) is 14.1 Å². The highest BCUT2D eigenvalue weighted by atomic mass is 31.2. The monoisotopic (exact) mass is 826 g/mol. The zero-order valence-corrected chi connectivity index (χ0v) is 35.7. The maximum atomic E-state index is 12.4. The number of aliphatic hydroxyl groups excluding tert-OH is 2. The number of rotatable bonds is 35. The van der Waals surface area contributed by atoms with Crippen LogP contribution in [0.5, 0.6) is 0 Å². The van der Waals surface area contributed by atoms with Gasteiger partial charge in [0, 0.05) is 12.8 Å². The minimum Gasteiger partial charge on any atom is -0.462 e. The van der Waals surface area contributed by atoms with Gasteiger partial charge in [-0.2, -0.15) is 0 Å². The number of esters is 2. The van der Waals surface area contributed by atoms with E-state index >= 15 is 0 Å². The lowest BCUT2D eigenvalue weighted by molar-refractivity contribution is -0.161. The van der Waals surface area contributed by atoms with Crippen molar-refractivity contribution >= 4 is 19.8 Å². The van der Waals surface area contributed by atoms with Crippen molar-refractivity contribution < 1.29 is 48.2 Å². The van der Waals surface area contributed by atoms with Gasteiger partial charge in [-0.15, -0.1) is 0 Å². The lowest BCUT2D eigenvalue weighted by atomic mass is 10.2. The first-order valence-electron chi connectivity index (χ1n) is 20.7. The Morgan fingerprint density at radius 2 is 1.00 bits per heavy atom. The molecule has 0 aromatic rings. The Morgan fingerprint density at radius 3 is 1.48 bits per heavy atom. The van der Waals surface area contributed by atoms with Crippen molar-refractivity contribution in [1.29, 1.82) is 0 Å². The van der Waals surface area contributed by atoms with Crippen LogP contribution in [0, 0.1) is 0 Å². The molecule has 0 heterocycles. The zero-order chi connectivity index (χ0) is 42.8. The number of hydrogen-bond acceptors (Lipinski definition) is 8. The first-order valence-corrected chi connectivity index (χ1v) is 22.2. The molecule has 0 saturated heterocycles. The molecule has 0 rings (SSSR count). The van der Waals surface area contributed by atoms with E-state index in [0.717, 1.165) is 32.1 Å². The molecule has 0 fully saturated rings. The molecule has 0 aromatic carbocycles. The summed E-state index contributed by atoms with van der Waals surface area (Å²) in [6, 6.07) is 0. The number of ether oxygens (including phenoxy) is 2. The summed E-state index contributed by atoms with van der Waals surface area (Å²) in [5.41, 5.74) is 0. The molecule has 0 spiro atoms. The molecule has 0 saturated carbocycles. The van der Waals surface area contributed by atoms with E-state index in [4.69, 9.17) is 19.3 Å². The Bertz CT molecular complexity index is 1420. The molecule has 0 unspecified atom stereocenters. The fraction of sp³-hybridized carbons (Fsp3) is 0.489. The molecule has 10 nitrogen and oxygen atoms in total. The fourth-order valence-electron chi connectivity index (χ4n) is 4.73. The molecule has 324 valence electrons. The van der Waals surface area contributed by atoms with E-state index in [1.165, 1.54) is 25.7 Å². The predicted molar refractivity (Wildman–Crippen MR) is 237 cm³/mol. The number of phosphoric ester groups is 1. The Balaban J connectivity index is 4.33. The third-order valence-corrected chi connectivity index (χ3v) is 8.33. The van der Waals surface area contributed by atoms with Crippen molar-refractivity contribution in [3.8, 4) is 0 Å². The predicted octanol–water partition coefficient (Wildman–Crippen LogP) is 10.7. The quantitative estimate of drug-likeness (QED) is 0.0159. The highest BCUT2D eigenvalue weighted by Crippen LogP contribution is 2.35. The standard InChI is InChI=1S/C47H71O10P/c1-3-5-7-8-9-10-11-12-13-14-15-16-17-18-19-20-21-25-33-39-46(50)55-41-45(42-56-58(52,53)54)57-47(51)40-34-26-23-22-24-30-36-44(49)38-32-28-27-31-37-43(48)35-29-6-4-2/h6,9-10,12-13,15-16,18-19,21,23-32,37-38,43-45,48-49H,3-5,7-8,11,14,17,20,22,33-36,39-42H2,1-2H3,(H2,52,53,54)/b10-9-,13-12-,16-15-,19-18-,25-21-,26-23-,28-27-,29-6-,30-24-,37-31+,38-32+/t43-,44+,45+/m0/s1. The number of carbonyl (C=O) groups excluding carboxylic acids is 2.